The summed E-state index contributed by atoms with van der Waals surface area (Å²) in [6, 6.07) is 4.66. The number of piperidine rings is 1. The van der Waals surface area contributed by atoms with Gasteiger partial charge in [0.2, 0.25) is 5.91 Å². The maximum absolute atomic E-state index is 12.1. The molecule has 1 aromatic rings. The first-order valence-electron chi connectivity index (χ1n) is 6.32. The molecular weight excluding hydrogens is 244 g/mol. The van der Waals surface area contributed by atoms with Gasteiger partial charge in [-0.2, -0.15) is 0 Å². The second kappa shape index (κ2) is 5.30. The number of nitrogens with one attached hydrogen (secondary N) is 1. The van der Waals surface area contributed by atoms with Gasteiger partial charge < -0.3 is 15.3 Å². The summed E-state index contributed by atoms with van der Waals surface area (Å²) in [7, 11) is 1.74. The predicted molar refractivity (Wildman–Crippen MR) is 71.0 cm³/mol. The average molecular weight is 262 g/mol. The van der Waals surface area contributed by atoms with Crippen molar-refractivity contribution in [2.75, 3.05) is 13.6 Å². The second-order valence-corrected chi connectivity index (χ2v) is 4.98. The summed E-state index contributed by atoms with van der Waals surface area (Å²) in [6.45, 7) is 2.33. The van der Waals surface area contributed by atoms with Crippen LogP contribution in [-0.4, -0.2) is 41.5 Å². The van der Waals surface area contributed by atoms with E-state index in [0.717, 1.165) is 5.56 Å². The molecule has 0 radical (unpaired) electrons. The third kappa shape index (κ3) is 3.05. The van der Waals surface area contributed by atoms with Crippen molar-refractivity contribution in [3.63, 3.8) is 0 Å². The third-order valence-electron chi connectivity index (χ3n) is 3.42. The maximum Gasteiger partial charge on any atom is 0.251 e. The van der Waals surface area contributed by atoms with Crippen molar-refractivity contribution in [2.24, 2.45) is 0 Å². The van der Waals surface area contributed by atoms with Crippen LogP contribution in [0.4, 0.5) is 0 Å². The van der Waals surface area contributed by atoms with E-state index in [1.54, 1.807) is 31.0 Å². The number of benzene rings is 1. The lowest BCUT2D eigenvalue weighted by Gasteiger charge is -2.30. The zero-order chi connectivity index (χ0) is 14.0. The third-order valence-corrected chi connectivity index (χ3v) is 3.42. The highest BCUT2D eigenvalue weighted by Crippen LogP contribution is 2.16. The smallest absolute Gasteiger partial charge is 0.251 e. The molecule has 1 aliphatic rings. The Morgan fingerprint density at radius 3 is 2.84 bits per heavy atom. The molecule has 1 saturated heterocycles. The van der Waals surface area contributed by atoms with Gasteiger partial charge in [0.1, 0.15) is 5.75 Å². The van der Waals surface area contributed by atoms with Gasteiger partial charge in [-0.1, -0.05) is 0 Å². The molecule has 1 aromatic carbocycles. The van der Waals surface area contributed by atoms with Crippen LogP contribution in [0.2, 0.25) is 0 Å². The molecule has 2 rings (SSSR count). The number of hydrogen-bond donors (Lipinski definition) is 2. The molecule has 102 valence electrons. The molecule has 19 heavy (non-hydrogen) atoms. The first-order chi connectivity index (χ1) is 8.97. The Morgan fingerprint density at radius 2 is 2.21 bits per heavy atom. The summed E-state index contributed by atoms with van der Waals surface area (Å²) in [4.78, 5) is 25.1. The maximum atomic E-state index is 12.1. The molecule has 2 amide bonds. The van der Waals surface area contributed by atoms with Crippen LogP contribution < -0.4 is 5.32 Å². The average Bonchev–Trinajstić information content (AvgIpc) is 2.33. The monoisotopic (exact) mass is 262 g/mol. The van der Waals surface area contributed by atoms with Gasteiger partial charge in [-0.05, 0) is 37.1 Å². The van der Waals surface area contributed by atoms with Crippen LogP contribution in [-0.2, 0) is 4.79 Å². The molecule has 2 N–H and O–H groups in total. The molecule has 1 atom stereocenters. The van der Waals surface area contributed by atoms with E-state index in [-0.39, 0.29) is 23.6 Å². The molecule has 5 nitrogen and oxygen atoms in total. The number of rotatable bonds is 2. The molecule has 0 bridgehead atoms. The number of nitrogens with zero attached hydrogens (tertiary/aromatic N) is 1. The lowest BCUT2D eigenvalue weighted by atomic mass is 10.0. The lowest BCUT2D eigenvalue weighted by Crippen LogP contribution is -2.48. The van der Waals surface area contributed by atoms with E-state index in [4.69, 9.17) is 0 Å². The van der Waals surface area contributed by atoms with Crippen LogP contribution in [0.5, 0.6) is 5.75 Å². The summed E-state index contributed by atoms with van der Waals surface area (Å²) >= 11 is 0. The molecule has 0 aromatic heterocycles. The molecule has 0 spiro atoms. The van der Waals surface area contributed by atoms with Crippen LogP contribution in [0.15, 0.2) is 18.2 Å². The number of phenols is 1. The largest absolute Gasteiger partial charge is 0.508 e. The Balaban J connectivity index is 2.03. The standard InChI is InChI=1S/C14H18N2O3/c1-9-7-11(17)4-5-12(9)14(19)15-10-3-6-13(18)16(2)8-10/h4-5,7,10,17H,3,6,8H2,1-2H3,(H,15,19). The summed E-state index contributed by atoms with van der Waals surface area (Å²) in [6.07, 6.45) is 1.14. The Labute approximate surface area is 112 Å². The quantitative estimate of drug-likeness (QED) is 0.837. The fourth-order valence-electron chi connectivity index (χ4n) is 2.30. The number of amides is 2. The van der Waals surface area contributed by atoms with E-state index in [0.29, 0.717) is 24.9 Å². The van der Waals surface area contributed by atoms with Crippen molar-refractivity contribution in [3.05, 3.63) is 29.3 Å². The zero-order valence-corrected chi connectivity index (χ0v) is 11.1. The van der Waals surface area contributed by atoms with Crippen LogP contribution in [0, 0.1) is 6.92 Å². The van der Waals surface area contributed by atoms with Gasteiger partial charge in [-0.3, -0.25) is 9.59 Å². The topological polar surface area (TPSA) is 69.6 Å². The van der Waals surface area contributed by atoms with E-state index < -0.39 is 0 Å². The molecule has 1 heterocycles. The number of likely N-dealkylation sites (tertiary alicyclic amines) is 1. The number of aromatic hydroxyl groups is 1. The normalized spacial score (nSPS) is 19.4. The van der Waals surface area contributed by atoms with Crippen LogP contribution in [0.25, 0.3) is 0 Å². The van der Waals surface area contributed by atoms with Crippen LogP contribution in [0.1, 0.15) is 28.8 Å². The summed E-state index contributed by atoms with van der Waals surface area (Å²) in [5, 5.41) is 12.3. The number of carbonyl (C=O) groups excluding carboxylic acids is 2. The molecule has 1 unspecified atom stereocenters. The first-order valence-corrected chi connectivity index (χ1v) is 6.32. The molecular formula is C14H18N2O3. The minimum absolute atomic E-state index is 0.0107. The van der Waals surface area contributed by atoms with E-state index in [1.165, 1.54) is 6.07 Å². The van der Waals surface area contributed by atoms with Crippen molar-refractivity contribution < 1.29 is 14.7 Å². The van der Waals surface area contributed by atoms with Gasteiger partial charge in [0, 0.05) is 31.6 Å². The number of aryl methyl sites for hydroxylation is 1. The molecule has 1 aliphatic heterocycles. The second-order valence-electron chi connectivity index (χ2n) is 4.98. The molecule has 5 heteroatoms. The molecule has 1 fully saturated rings. The van der Waals surface area contributed by atoms with Gasteiger partial charge in [0.05, 0.1) is 0 Å². The predicted octanol–water partition coefficient (Wildman–Crippen LogP) is 1.05. The fraction of sp³-hybridized carbons (Fsp3) is 0.429. The lowest BCUT2D eigenvalue weighted by molar-refractivity contribution is -0.132. The highest BCUT2D eigenvalue weighted by atomic mass is 16.3. The van der Waals surface area contributed by atoms with Gasteiger partial charge in [-0.25, -0.2) is 0 Å². The Kier molecular flexibility index (Phi) is 3.74. The highest BCUT2D eigenvalue weighted by Gasteiger charge is 2.24. The van der Waals surface area contributed by atoms with Gasteiger partial charge in [0.25, 0.3) is 5.91 Å². The number of likely N-dealkylation sites (N-methyl/N-ethyl adjacent to an activating group) is 1. The van der Waals surface area contributed by atoms with Gasteiger partial charge in [-0.15, -0.1) is 0 Å². The van der Waals surface area contributed by atoms with E-state index in [1.807, 2.05) is 0 Å². The minimum atomic E-state index is -0.162. The number of hydrogen-bond acceptors (Lipinski definition) is 3. The van der Waals surface area contributed by atoms with E-state index >= 15 is 0 Å². The minimum Gasteiger partial charge on any atom is -0.508 e. The van der Waals surface area contributed by atoms with E-state index in [9.17, 15) is 14.7 Å². The van der Waals surface area contributed by atoms with Crippen molar-refractivity contribution in [1.29, 1.82) is 0 Å². The fourth-order valence-corrected chi connectivity index (χ4v) is 2.30. The van der Waals surface area contributed by atoms with Crippen molar-refractivity contribution in [3.8, 4) is 5.75 Å². The Morgan fingerprint density at radius 1 is 1.47 bits per heavy atom. The van der Waals surface area contributed by atoms with Crippen LogP contribution in [0.3, 0.4) is 0 Å². The summed E-state index contributed by atoms with van der Waals surface area (Å²) < 4.78 is 0. The number of phenolic OH excluding ortho intramolecular Hbond substituents is 1. The van der Waals surface area contributed by atoms with Crippen molar-refractivity contribution in [2.45, 2.75) is 25.8 Å². The van der Waals surface area contributed by atoms with Gasteiger partial charge >= 0.3 is 0 Å². The summed E-state index contributed by atoms with van der Waals surface area (Å²) in [5.41, 5.74) is 1.29. The molecule has 0 aliphatic carbocycles. The molecule has 0 saturated carbocycles. The highest BCUT2D eigenvalue weighted by molar-refractivity contribution is 5.96. The number of carbonyl (C=O) groups is 2. The SMILES string of the molecule is Cc1cc(O)ccc1C(=O)NC1CCC(=O)N(C)C1. The Hall–Kier alpha value is -2.04. The van der Waals surface area contributed by atoms with E-state index in [2.05, 4.69) is 5.32 Å². The van der Waals surface area contributed by atoms with Crippen molar-refractivity contribution >= 4 is 11.8 Å². The zero-order valence-electron chi connectivity index (χ0n) is 11.1. The first kappa shape index (κ1) is 13.4. The summed E-state index contributed by atoms with van der Waals surface area (Å²) in [5.74, 6) is 0.105. The van der Waals surface area contributed by atoms with Gasteiger partial charge in [0.15, 0.2) is 0 Å². The van der Waals surface area contributed by atoms with Crippen LogP contribution >= 0.6 is 0 Å². The Bertz CT molecular complexity index is 513. The van der Waals surface area contributed by atoms with Crippen molar-refractivity contribution in [1.82, 2.24) is 10.2 Å².